The van der Waals surface area contributed by atoms with E-state index in [4.69, 9.17) is 0 Å². The van der Waals surface area contributed by atoms with Crippen LogP contribution in [-0.4, -0.2) is 77.4 Å². The number of urea groups is 1. The molecule has 5 rings (SSSR count). The molecule has 0 bridgehead atoms. The van der Waals surface area contributed by atoms with Crippen LogP contribution in [0.25, 0.3) is 0 Å². The fourth-order valence-electron chi connectivity index (χ4n) is 6.71. The molecule has 0 unspecified atom stereocenters. The average molecular weight is 544 g/mol. The molecular weight excluding hydrogens is 507 g/mol. The highest BCUT2D eigenvalue weighted by atomic mass is 19.4. The van der Waals surface area contributed by atoms with Crippen LogP contribution in [0, 0.1) is 6.92 Å². The topological polar surface area (TPSA) is 60.0 Å². The molecule has 3 aliphatic rings. The lowest BCUT2D eigenvalue weighted by atomic mass is 9.68. The van der Waals surface area contributed by atoms with Gasteiger partial charge >= 0.3 is 12.2 Å². The number of rotatable bonds is 5. The van der Waals surface area contributed by atoms with Crippen molar-refractivity contribution in [3.63, 3.8) is 0 Å². The molecule has 2 aliphatic heterocycles. The monoisotopic (exact) mass is 543 g/mol. The Morgan fingerprint density at radius 3 is 2.26 bits per heavy atom. The molecule has 0 radical (unpaired) electrons. The van der Waals surface area contributed by atoms with E-state index in [0.717, 1.165) is 37.9 Å². The molecule has 2 aromatic rings. The van der Waals surface area contributed by atoms with Crippen LogP contribution < -0.4 is 4.90 Å². The van der Waals surface area contributed by atoms with E-state index in [1.165, 1.54) is 10.5 Å². The molecule has 210 valence electrons. The number of pyridine rings is 1. The number of aromatic nitrogens is 1. The molecule has 39 heavy (non-hydrogen) atoms. The van der Waals surface area contributed by atoms with Gasteiger partial charge in [-0.25, -0.2) is 9.78 Å². The van der Waals surface area contributed by atoms with E-state index in [2.05, 4.69) is 36.1 Å². The third-order valence-corrected chi connectivity index (χ3v) is 9.08. The van der Waals surface area contributed by atoms with Crippen LogP contribution in [-0.2, 0) is 16.5 Å². The number of carbonyl (C=O) groups is 2. The van der Waals surface area contributed by atoms with Gasteiger partial charge in [0.05, 0.1) is 24.0 Å². The Morgan fingerprint density at radius 2 is 1.69 bits per heavy atom. The lowest BCUT2D eigenvalue weighted by molar-refractivity contribution is -0.141. The van der Waals surface area contributed by atoms with Crippen molar-refractivity contribution in [3.05, 3.63) is 59.4 Å². The molecule has 3 fully saturated rings. The first-order valence-electron chi connectivity index (χ1n) is 13.6. The Kier molecular flexibility index (Phi) is 7.11. The summed E-state index contributed by atoms with van der Waals surface area (Å²) in [5, 5.41) is 0. The van der Waals surface area contributed by atoms with Crippen LogP contribution in [0.1, 0.15) is 55.3 Å². The van der Waals surface area contributed by atoms with Gasteiger partial charge in [-0.05, 0) is 76.7 Å². The molecule has 3 amide bonds. The summed E-state index contributed by atoms with van der Waals surface area (Å²) in [7, 11) is 4.14. The van der Waals surface area contributed by atoms with Crippen molar-refractivity contribution in [2.45, 2.75) is 62.7 Å². The van der Waals surface area contributed by atoms with Gasteiger partial charge in [0.25, 0.3) is 0 Å². The minimum atomic E-state index is -4.57. The number of benzene rings is 1. The first-order valence-corrected chi connectivity index (χ1v) is 13.6. The fraction of sp³-hybridized carbons (Fsp3) is 0.552. The second-order valence-electron chi connectivity index (χ2n) is 11.4. The highest BCUT2D eigenvalue weighted by Gasteiger charge is 2.55. The molecule has 3 heterocycles. The first kappa shape index (κ1) is 27.4. The number of carbonyl (C=O) groups excluding carboxylic acids is 2. The predicted molar refractivity (Wildman–Crippen MR) is 142 cm³/mol. The molecule has 1 saturated carbocycles. The largest absolute Gasteiger partial charge is 0.433 e. The third-order valence-electron chi connectivity index (χ3n) is 9.08. The van der Waals surface area contributed by atoms with Crippen molar-refractivity contribution in [1.29, 1.82) is 0 Å². The van der Waals surface area contributed by atoms with Gasteiger partial charge in [0, 0.05) is 18.6 Å². The Hall–Kier alpha value is -3.14. The lowest BCUT2D eigenvalue weighted by Crippen LogP contribution is -2.57. The van der Waals surface area contributed by atoms with Crippen molar-refractivity contribution in [1.82, 2.24) is 19.7 Å². The molecule has 7 nitrogen and oxygen atoms in total. The molecule has 1 spiro atoms. The molecule has 2 saturated heterocycles. The SMILES string of the molecule is Cc1cc(C(F)(F)F)ncc1N1C[C@]2(CC[C@@](c3ccccc3)(N(C)C)CC2)N(CC(=O)N2CCCC2)C1=O. The summed E-state index contributed by atoms with van der Waals surface area (Å²) in [6.45, 7) is 3.24. The maximum atomic E-state index is 13.9. The maximum absolute atomic E-state index is 13.9. The molecular formula is C29H36F3N5O2. The van der Waals surface area contributed by atoms with Crippen molar-refractivity contribution in [2.75, 3.05) is 45.2 Å². The van der Waals surface area contributed by atoms with Crippen molar-refractivity contribution in [2.24, 2.45) is 0 Å². The van der Waals surface area contributed by atoms with E-state index >= 15 is 0 Å². The van der Waals surface area contributed by atoms with E-state index in [0.29, 0.717) is 43.7 Å². The zero-order valence-electron chi connectivity index (χ0n) is 22.8. The lowest BCUT2D eigenvalue weighted by Gasteiger charge is -2.51. The van der Waals surface area contributed by atoms with E-state index in [9.17, 15) is 22.8 Å². The number of alkyl halides is 3. The summed E-state index contributed by atoms with van der Waals surface area (Å²) in [5.41, 5.74) is 0.109. The van der Waals surface area contributed by atoms with Gasteiger partial charge in [0.1, 0.15) is 12.2 Å². The summed E-state index contributed by atoms with van der Waals surface area (Å²) in [4.78, 5) is 38.1. The Labute approximate surface area is 227 Å². The molecule has 1 aromatic carbocycles. The van der Waals surface area contributed by atoms with Crippen LogP contribution in [0.15, 0.2) is 42.6 Å². The Morgan fingerprint density at radius 1 is 1.05 bits per heavy atom. The third kappa shape index (κ3) is 4.88. The van der Waals surface area contributed by atoms with Crippen LogP contribution in [0.2, 0.25) is 0 Å². The normalized spacial score (nSPS) is 25.8. The number of amides is 3. The zero-order valence-corrected chi connectivity index (χ0v) is 22.8. The number of halogens is 3. The molecule has 1 aromatic heterocycles. The Bertz CT molecular complexity index is 1220. The van der Waals surface area contributed by atoms with Gasteiger partial charge in [0.2, 0.25) is 5.91 Å². The highest BCUT2D eigenvalue weighted by molar-refractivity contribution is 5.98. The van der Waals surface area contributed by atoms with Gasteiger partial charge in [-0.15, -0.1) is 0 Å². The van der Waals surface area contributed by atoms with Crippen LogP contribution >= 0.6 is 0 Å². The second kappa shape index (κ2) is 10.1. The van der Waals surface area contributed by atoms with Gasteiger partial charge in [-0.1, -0.05) is 30.3 Å². The van der Waals surface area contributed by atoms with Crippen molar-refractivity contribution >= 4 is 17.6 Å². The Balaban J connectivity index is 1.48. The molecule has 1 aliphatic carbocycles. The number of likely N-dealkylation sites (tertiary alicyclic amines) is 1. The number of nitrogens with zero attached hydrogens (tertiary/aromatic N) is 5. The van der Waals surface area contributed by atoms with E-state index < -0.39 is 17.4 Å². The molecule has 10 heteroatoms. The quantitative estimate of drug-likeness (QED) is 0.530. The summed E-state index contributed by atoms with van der Waals surface area (Å²) >= 11 is 0. The minimum absolute atomic E-state index is 0.0251. The zero-order chi connectivity index (χ0) is 28.0. The van der Waals surface area contributed by atoms with E-state index in [1.807, 2.05) is 23.1 Å². The van der Waals surface area contributed by atoms with Crippen LogP contribution in [0.4, 0.5) is 23.7 Å². The highest BCUT2D eigenvalue weighted by Crippen LogP contribution is 2.49. The number of hydrogen-bond donors (Lipinski definition) is 0. The summed E-state index contributed by atoms with van der Waals surface area (Å²) in [6, 6.07) is 11.0. The standard InChI is InChI=1S/C29H36F3N5O2/c1-21-17-24(29(30,31)32)33-18-23(21)36-20-27(37(26(36)39)19-25(38)35-15-7-8-16-35)11-13-28(14-12-27,34(2)3)22-9-5-4-6-10-22/h4-6,9-10,17-18H,7-8,11-16,19-20H2,1-3H3/t27-,28-. The van der Waals surface area contributed by atoms with Crippen LogP contribution in [0.5, 0.6) is 0 Å². The first-order chi connectivity index (χ1) is 18.5. The second-order valence-corrected chi connectivity index (χ2v) is 11.4. The maximum Gasteiger partial charge on any atom is 0.433 e. The molecule has 0 N–H and O–H groups in total. The molecule has 0 atom stereocenters. The number of aryl methyl sites for hydroxylation is 1. The number of anilines is 1. The van der Waals surface area contributed by atoms with Gasteiger partial charge in [-0.2, -0.15) is 13.2 Å². The smallest absolute Gasteiger partial charge is 0.341 e. The summed E-state index contributed by atoms with van der Waals surface area (Å²) in [6.07, 6.45) is 1.39. The van der Waals surface area contributed by atoms with Gasteiger partial charge < -0.3 is 9.80 Å². The summed E-state index contributed by atoms with van der Waals surface area (Å²) < 4.78 is 39.8. The van der Waals surface area contributed by atoms with Gasteiger partial charge in [0.15, 0.2) is 0 Å². The minimum Gasteiger partial charge on any atom is -0.341 e. The van der Waals surface area contributed by atoms with Crippen LogP contribution in [0.3, 0.4) is 0 Å². The number of hydrogen-bond acceptors (Lipinski definition) is 4. The van der Waals surface area contributed by atoms with Crippen molar-refractivity contribution in [3.8, 4) is 0 Å². The van der Waals surface area contributed by atoms with Gasteiger partial charge in [-0.3, -0.25) is 14.6 Å². The summed E-state index contributed by atoms with van der Waals surface area (Å²) in [5.74, 6) is -0.0724. The van der Waals surface area contributed by atoms with E-state index in [1.54, 1.807) is 11.8 Å². The fourth-order valence-corrected chi connectivity index (χ4v) is 6.71. The van der Waals surface area contributed by atoms with Crippen molar-refractivity contribution < 1.29 is 22.8 Å². The average Bonchev–Trinajstić information content (AvgIpc) is 3.53. The predicted octanol–water partition coefficient (Wildman–Crippen LogP) is 5.04. The van der Waals surface area contributed by atoms with E-state index in [-0.39, 0.29) is 24.0 Å².